The van der Waals surface area contributed by atoms with Crippen LogP contribution in [0, 0.1) is 0 Å². The Morgan fingerprint density at radius 1 is 1.25 bits per heavy atom. The van der Waals surface area contributed by atoms with Crippen LogP contribution in [0.3, 0.4) is 0 Å². The highest BCUT2D eigenvalue weighted by Crippen LogP contribution is 2.23. The number of amides is 1. The molecule has 0 aromatic heterocycles. The Hall–Kier alpha value is -1.35. The van der Waals surface area contributed by atoms with Crippen LogP contribution in [0.2, 0.25) is 0 Å². The van der Waals surface area contributed by atoms with E-state index in [1.54, 1.807) is 0 Å². The third-order valence-electron chi connectivity index (χ3n) is 2.41. The molecule has 1 aromatic rings. The van der Waals surface area contributed by atoms with Gasteiger partial charge < -0.3 is 11.1 Å². The van der Waals surface area contributed by atoms with Gasteiger partial charge in [0, 0.05) is 18.7 Å². The van der Waals surface area contributed by atoms with Crippen LogP contribution < -0.4 is 11.1 Å². The Bertz CT molecular complexity index is 349. The summed E-state index contributed by atoms with van der Waals surface area (Å²) < 4.78 is 0. The maximum absolute atomic E-state index is 11.3. The van der Waals surface area contributed by atoms with E-state index in [2.05, 4.69) is 26.1 Å². The molecular formula is C13H20N2O. The first-order valence-corrected chi connectivity index (χ1v) is 5.54. The fraction of sp³-hybridized carbons (Fsp3) is 0.462. The van der Waals surface area contributed by atoms with Crippen molar-refractivity contribution in [1.82, 2.24) is 0 Å². The highest BCUT2D eigenvalue weighted by molar-refractivity contribution is 5.90. The summed E-state index contributed by atoms with van der Waals surface area (Å²) in [4.78, 5) is 11.3. The van der Waals surface area contributed by atoms with Crippen LogP contribution in [-0.2, 0) is 10.2 Å². The molecule has 0 saturated carbocycles. The number of carbonyl (C=O) groups excluding carboxylic acids is 1. The van der Waals surface area contributed by atoms with Gasteiger partial charge in [-0.3, -0.25) is 4.79 Å². The van der Waals surface area contributed by atoms with Crippen molar-refractivity contribution >= 4 is 11.6 Å². The van der Waals surface area contributed by atoms with Gasteiger partial charge in [-0.2, -0.15) is 0 Å². The van der Waals surface area contributed by atoms with Gasteiger partial charge in [-0.25, -0.2) is 0 Å². The molecule has 0 radical (unpaired) electrons. The third-order valence-corrected chi connectivity index (χ3v) is 2.41. The van der Waals surface area contributed by atoms with Gasteiger partial charge in [0.2, 0.25) is 5.91 Å². The predicted octanol–water partition coefficient (Wildman–Crippen LogP) is 2.27. The van der Waals surface area contributed by atoms with E-state index >= 15 is 0 Å². The minimum absolute atomic E-state index is 0.0361. The van der Waals surface area contributed by atoms with E-state index in [-0.39, 0.29) is 11.3 Å². The molecule has 88 valence electrons. The van der Waals surface area contributed by atoms with Crippen molar-refractivity contribution in [2.75, 3.05) is 11.9 Å². The number of hydrogen-bond acceptors (Lipinski definition) is 2. The molecule has 0 aliphatic rings. The summed E-state index contributed by atoms with van der Waals surface area (Å²) >= 11 is 0. The summed E-state index contributed by atoms with van der Waals surface area (Å²) in [5, 5.41) is 2.80. The summed E-state index contributed by atoms with van der Waals surface area (Å²) in [5.74, 6) is -0.0361. The molecule has 0 aliphatic carbocycles. The predicted molar refractivity (Wildman–Crippen MR) is 67.4 cm³/mol. The van der Waals surface area contributed by atoms with E-state index in [0.29, 0.717) is 13.0 Å². The molecule has 16 heavy (non-hydrogen) atoms. The molecule has 1 rings (SSSR count). The van der Waals surface area contributed by atoms with Gasteiger partial charge in [0.05, 0.1) is 0 Å². The zero-order valence-corrected chi connectivity index (χ0v) is 10.2. The van der Waals surface area contributed by atoms with Crippen molar-refractivity contribution in [3.63, 3.8) is 0 Å². The van der Waals surface area contributed by atoms with E-state index in [4.69, 9.17) is 5.73 Å². The first-order valence-electron chi connectivity index (χ1n) is 5.54. The van der Waals surface area contributed by atoms with Crippen LogP contribution in [0.5, 0.6) is 0 Å². The van der Waals surface area contributed by atoms with Crippen molar-refractivity contribution in [3.8, 4) is 0 Å². The van der Waals surface area contributed by atoms with Crippen molar-refractivity contribution in [1.29, 1.82) is 0 Å². The van der Waals surface area contributed by atoms with Gasteiger partial charge in [-0.15, -0.1) is 0 Å². The van der Waals surface area contributed by atoms with Gasteiger partial charge in [-0.1, -0.05) is 32.9 Å². The summed E-state index contributed by atoms with van der Waals surface area (Å²) in [5.41, 5.74) is 7.52. The number of nitrogens with two attached hydrogens (primary N) is 1. The number of rotatable bonds is 3. The monoisotopic (exact) mass is 220 g/mol. The van der Waals surface area contributed by atoms with Crippen LogP contribution in [-0.4, -0.2) is 12.5 Å². The highest BCUT2D eigenvalue weighted by atomic mass is 16.1. The molecule has 0 fully saturated rings. The molecule has 3 N–H and O–H groups in total. The normalized spacial score (nSPS) is 11.2. The number of carbonyl (C=O) groups is 1. The van der Waals surface area contributed by atoms with Crippen LogP contribution in [0.4, 0.5) is 5.69 Å². The number of nitrogens with one attached hydrogen (secondary N) is 1. The highest BCUT2D eigenvalue weighted by Gasteiger charge is 2.12. The molecule has 0 heterocycles. The summed E-state index contributed by atoms with van der Waals surface area (Å²) in [6.07, 6.45) is 0.362. The van der Waals surface area contributed by atoms with Gasteiger partial charge in [0.25, 0.3) is 0 Å². The second-order valence-corrected chi connectivity index (χ2v) is 4.91. The Kier molecular flexibility index (Phi) is 4.07. The quantitative estimate of drug-likeness (QED) is 0.821. The third kappa shape index (κ3) is 3.66. The standard InChI is InChI=1S/C13H20N2O/c1-13(2,3)10-4-6-11(7-5-10)15-12(16)8-9-14/h4-7H,8-9,14H2,1-3H3,(H,15,16). The number of benzene rings is 1. The van der Waals surface area contributed by atoms with E-state index < -0.39 is 0 Å². The van der Waals surface area contributed by atoms with Crippen LogP contribution >= 0.6 is 0 Å². The first-order chi connectivity index (χ1) is 7.43. The van der Waals surface area contributed by atoms with Crippen LogP contribution in [0.1, 0.15) is 32.8 Å². The molecule has 0 atom stereocenters. The molecule has 0 spiro atoms. The molecule has 0 bridgehead atoms. The van der Waals surface area contributed by atoms with Crippen molar-refractivity contribution in [3.05, 3.63) is 29.8 Å². The largest absolute Gasteiger partial charge is 0.330 e. The minimum atomic E-state index is -0.0361. The van der Waals surface area contributed by atoms with Crippen LogP contribution in [0.15, 0.2) is 24.3 Å². The maximum Gasteiger partial charge on any atom is 0.225 e. The number of anilines is 1. The van der Waals surface area contributed by atoms with E-state index in [0.717, 1.165) is 5.69 Å². The SMILES string of the molecule is CC(C)(C)c1ccc(NC(=O)CCN)cc1. The lowest BCUT2D eigenvalue weighted by atomic mass is 9.87. The number of hydrogen-bond donors (Lipinski definition) is 2. The molecule has 3 nitrogen and oxygen atoms in total. The second kappa shape index (κ2) is 5.12. The van der Waals surface area contributed by atoms with Crippen molar-refractivity contribution in [2.45, 2.75) is 32.6 Å². The second-order valence-electron chi connectivity index (χ2n) is 4.91. The molecule has 0 aliphatic heterocycles. The summed E-state index contributed by atoms with van der Waals surface area (Å²) in [7, 11) is 0. The van der Waals surface area contributed by atoms with Gasteiger partial charge in [-0.05, 0) is 23.1 Å². The Balaban J connectivity index is 2.69. The Labute approximate surface area is 97.0 Å². The average Bonchev–Trinajstić information content (AvgIpc) is 2.17. The Morgan fingerprint density at radius 3 is 2.25 bits per heavy atom. The van der Waals surface area contributed by atoms with Crippen LogP contribution in [0.25, 0.3) is 0 Å². The zero-order valence-electron chi connectivity index (χ0n) is 10.2. The van der Waals surface area contributed by atoms with Gasteiger partial charge >= 0.3 is 0 Å². The average molecular weight is 220 g/mol. The van der Waals surface area contributed by atoms with E-state index in [1.807, 2.05) is 24.3 Å². The van der Waals surface area contributed by atoms with Gasteiger partial charge in [0.15, 0.2) is 0 Å². The lowest BCUT2D eigenvalue weighted by Gasteiger charge is -2.19. The smallest absolute Gasteiger partial charge is 0.225 e. The molecule has 0 unspecified atom stereocenters. The maximum atomic E-state index is 11.3. The fourth-order valence-electron chi connectivity index (χ4n) is 1.41. The molecule has 0 saturated heterocycles. The van der Waals surface area contributed by atoms with E-state index in [9.17, 15) is 4.79 Å². The molecule has 3 heteroatoms. The molecule has 1 amide bonds. The summed E-state index contributed by atoms with van der Waals surface area (Å²) in [6, 6.07) is 7.93. The minimum Gasteiger partial charge on any atom is -0.330 e. The van der Waals surface area contributed by atoms with Gasteiger partial charge in [0.1, 0.15) is 0 Å². The first kappa shape index (κ1) is 12.7. The fourth-order valence-corrected chi connectivity index (χ4v) is 1.41. The lowest BCUT2D eigenvalue weighted by Crippen LogP contribution is -2.16. The summed E-state index contributed by atoms with van der Waals surface area (Å²) in [6.45, 7) is 6.87. The van der Waals surface area contributed by atoms with E-state index in [1.165, 1.54) is 5.56 Å². The molecular weight excluding hydrogens is 200 g/mol. The van der Waals surface area contributed by atoms with Crippen molar-refractivity contribution in [2.24, 2.45) is 5.73 Å². The topological polar surface area (TPSA) is 55.1 Å². The molecule has 1 aromatic carbocycles. The zero-order chi connectivity index (χ0) is 12.2. The van der Waals surface area contributed by atoms with Crippen molar-refractivity contribution < 1.29 is 4.79 Å². The lowest BCUT2D eigenvalue weighted by molar-refractivity contribution is -0.116. The Morgan fingerprint density at radius 2 is 1.81 bits per heavy atom.